The third-order valence-corrected chi connectivity index (χ3v) is 5.92. The maximum atomic E-state index is 13.2. The van der Waals surface area contributed by atoms with Crippen molar-refractivity contribution in [2.24, 2.45) is 0 Å². The highest BCUT2D eigenvalue weighted by Crippen LogP contribution is 2.23. The van der Waals surface area contributed by atoms with Gasteiger partial charge in [-0.15, -0.1) is 0 Å². The number of amides is 1. The minimum Gasteiger partial charge on any atom is -0.384 e. The van der Waals surface area contributed by atoms with Crippen molar-refractivity contribution in [2.75, 3.05) is 6.54 Å². The number of aromatic nitrogens is 4. The van der Waals surface area contributed by atoms with Crippen LogP contribution in [0.4, 0.5) is 0 Å². The summed E-state index contributed by atoms with van der Waals surface area (Å²) in [7, 11) is 0. The largest absolute Gasteiger partial charge is 0.384 e. The quantitative estimate of drug-likeness (QED) is 0.502. The molecular formula is C24H26N6O. The lowest BCUT2D eigenvalue weighted by Crippen LogP contribution is -2.41. The Kier molecular flexibility index (Phi) is 5.16. The van der Waals surface area contributed by atoms with Gasteiger partial charge >= 0.3 is 0 Å². The van der Waals surface area contributed by atoms with Crippen molar-refractivity contribution in [1.82, 2.24) is 29.6 Å². The summed E-state index contributed by atoms with van der Waals surface area (Å²) >= 11 is 0. The van der Waals surface area contributed by atoms with Crippen molar-refractivity contribution < 1.29 is 4.79 Å². The Bertz CT molecular complexity index is 1220. The maximum Gasteiger partial charge on any atom is 0.290 e. The second-order valence-corrected chi connectivity index (χ2v) is 7.96. The van der Waals surface area contributed by atoms with Gasteiger partial charge < -0.3 is 19.6 Å². The molecule has 1 aliphatic rings. The van der Waals surface area contributed by atoms with E-state index in [9.17, 15) is 4.79 Å². The Morgan fingerprint density at radius 3 is 3.06 bits per heavy atom. The lowest BCUT2D eigenvalue weighted by atomic mass is 9.98. The van der Waals surface area contributed by atoms with Gasteiger partial charge in [0.2, 0.25) is 0 Å². The van der Waals surface area contributed by atoms with Crippen LogP contribution >= 0.6 is 0 Å². The molecule has 0 unspecified atom stereocenters. The fraction of sp³-hybridized carbons (Fsp3) is 0.292. The first-order valence-corrected chi connectivity index (χ1v) is 10.8. The summed E-state index contributed by atoms with van der Waals surface area (Å²) in [6.45, 7) is 3.41. The first-order valence-electron chi connectivity index (χ1n) is 10.8. The van der Waals surface area contributed by atoms with Gasteiger partial charge in [-0.1, -0.05) is 18.2 Å². The summed E-state index contributed by atoms with van der Waals surface area (Å²) in [4.78, 5) is 27.0. The summed E-state index contributed by atoms with van der Waals surface area (Å²) in [5, 5.41) is 3.57. The summed E-state index contributed by atoms with van der Waals surface area (Å²) in [5.41, 5.74) is 5.18. The SMILES string of the molecule is CCN(C(=O)c1nc2ccccc2[nH]1)[C@@H]1C=C(NCc2ccc3cncn3c2)CCC1. The van der Waals surface area contributed by atoms with Crippen molar-refractivity contribution in [2.45, 2.75) is 38.8 Å². The van der Waals surface area contributed by atoms with E-state index in [0.717, 1.165) is 42.4 Å². The first kappa shape index (κ1) is 19.4. The predicted molar refractivity (Wildman–Crippen MR) is 121 cm³/mol. The average Bonchev–Trinajstić information content (AvgIpc) is 3.45. The zero-order chi connectivity index (χ0) is 21.2. The molecule has 0 bridgehead atoms. The number of aromatic amines is 1. The molecule has 0 aliphatic heterocycles. The van der Waals surface area contributed by atoms with Crippen molar-refractivity contribution in [3.8, 4) is 0 Å². The number of hydrogen-bond donors (Lipinski definition) is 2. The minimum absolute atomic E-state index is 0.0493. The molecule has 7 nitrogen and oxygen atoms in total. The fourth-order valence-electron chi connectivity index (χ4n) is 4.30. The predicted octanol–water partition coefficient (Wildman–Crippen LogP) is 3.90. The number of pyridine rings is 1. The Balaban J connectivity index is 1.30. The van der Waals surface area contributed by atoms with Gasteiger partial charge in [0.05, 0.1) is 35.1 Å². The van der Waals surface area contributed by atoms with Crippen LogP contribution in [0, 0.1) is 0 Å². The number of carbonyl (C=O) groups excluding carboxylic acids is 1. The highest BCUT2D eigenvalue weighted by atomic mass is 16.2. The first-order chi connectivity index (χ1) is 15.2. The number of para-hydroxylation sites is 2. The van der Waals surface area contributed by atoms with Crippen LogP contribution in [0.2, 0.25) is 0 Å². The van der Waals surface area contributed by atoms with Gasteiger partial charge in [-0.05, 0) is 56.0 Å². The van der Waals surface area contributed by atoms with Crippen LogP contribution in [0.15, 0.2) is 66.9 Å². The van der Waals surface area contributed by atoms with E-state index in [1.807, 2.05) is 53.0 Å². The standard InChI is InChI=1S/C24H26N6O/c1-2-30(24(31)23-27-21-8-3-4-9-22(21)28-23)19-7-5-6-18(12-19)26-13-17-10-11-20-14-25-16-29(20)15-17/h3-4,8-12,14-16,19,26H,2,5-7,13H2,1H3,(H,27,28)/t19-/m0/s1. The number of likely N-dealkylation sites (N-methyl/N-ethyl adjacent to an activating group) is 1. The topological polar surface area (TPSA) is 78.3 Å². The zero-order valence-corrected chi connectivity index (χ0v) is 17.6. The molecule has 158 valence electrons. The number of H-pyrrole nitrogens is 1. The van der Waals surface area contributed by atoms with Gasteiger partial charge in [0.1, 0.15) is 0 Å². The molecule has 2 N–H and O–H groups in total. The van der Waals surface area contributed by atoms with E-state index in [-0.39, 0.29) is 11.9 Å². The van der Waals surface area contributed by atoms with Gasteiger partial charge in [-0.25, -0.2) is 9.97 Å². The van der Waals surface area contributed by atoms with Crippen molar-refractivity contribution in [1.29, 1.82) is 0 Å². The van der Waals surface area contributed by atoms with Crippen molar-refractivity contribution in [3.63, 3.8) is 0 Å². The number of benzene rings is 1. The molecule has 0 saturated heterocycles. The third kappa shape index (κ3) is 3.91. The molecule has 31 heavy (non-hydrogen) atoms. The highest BCUT2D eigenvalue weighted by Gasteiger charge is 2.26. The van der Waals surface area contributed by atoms with Crippen LogP contribution in [-0.2, 0) is 6.54 Å². The van der Waals surface area contributed by atoms with Gasteiger partial charge in [-0.2, -0.15) is 0 Å². The van der Waals surface area contributed by atoms with Crippen LogP contribution in [0.1, 0.15) is 42.4 Å². The Labute approximate surface area is 180 Å². The number of fused-ring (bicyclic) bond motifs is 2. The molecule has 4 aromatic rings. The Morgan fingerprint density at radius 2 is 2.19 bits per heavy atom. The van der Waals surface area contributed by atoms with Gasteiger partial charge in [0, 0.05) is 25.0 Å². The smallest absolute Gasteiger partial charge is 0.290 e. The Hall–Kier alpha value is -3.61. The molecule has 5 rings (SSSR count). The van der Waals surface area contributed by atoms with Gasteiger partial charge in [-0.3, -0.25) is 4.79 Å². The number of nitrogens with one attached hydrogen (secondary N) is 2. The number of rotatable bonds is 6. The van der Waals surface area contributed by atoms with E-state index in [1.165, 1.54) is 11.3 Å². The van der Waals surface area contributed by atoms with Crippen LogP contribution < -0.4 is 5.32 Å². The van der Waals surface area contributed by atoms with E-state index in [4.69, 9.17) is 0 Å². The molecule has 0 saturated carbocycles. The monoisotopic (exact) mass is 414 g/mol. The van der Waals surface area contributed by atoms with E-state index in [1.54, 1.807) is 0 Å². The number of allylic oxidation sites excluding steroid dienone is 1. The number of hydrogen-bond acceptors (Lipinski definition) is 4. The average molecular weight is 415 g/mol. The molecule has 7 heteroatoms. The number of nitrogens with zero attached hydrogens (tertiary/aromatic N) is 4. The lowest BCUT2D eigenvalue weighted by Gasteiger charge is -2.32. The normalized spacial score (nSPS) is 16.4. The molecule has 0 fully saturated rings. The lowest BCUT2D eigenvalue weighted by molar-refractivity contribution is 0.0700. The zero-order valence-electron chi connectivity index (χ0n) is 17.6. The summed E-state index contributed by atoms with van der Waals surface area (Å²) in [6.07, 6.45) is 11.0. The third-order valence-electron chi connectivity index (χ3n) is 5.92. The molecule has 3 aromatic heterocycles. The molecule has 1 aromatic carbocycles. The van der Waals surface area contributed by atoms with Gasteiger partial charge in [0.15, 0.2) is 5.82 Å². The van der Waals surface area contributed by atoms with E-state index >= 15 is 0 Å². The molecule has 1 atom stereocenters. The van der Waals surface area contributed by atoms with Crippen LogP contribution in [-0.4, -0.2) is 42.7 Å². The van der Waals surface area contributed by atoms with Crippen LogP contribution in [0.25, 0.3) is 16.6 Å². The number of imidazole rings is 2. The Morgan fingerprint density at radius 1 is 1.29 bits per heavy atom. The molecular weight excluding hydrogens is 388 g/mol. The minimum atomic E-state index is -0.0493. The number of carbonyl (C=O) groups is 1. The van der Waals surface area contributed by atoms with Crippen molar-refractivity contribution in [3.05, 3.63) is 78.3 Å². The summed E-state index contributed by atoms with van der Waals surface area (Å²) in [6, 6.07) is 12.0. The fourth-order valence-corrected chi connectivity index (χ4v) is 4.30. The van der Waals surface area contributed by atoms with Crippen LogP contribution in [0.5, 0.6) is 0 Å². The van der Waals surface area contributed by atoms with Crippen molar-refractivity contribution >= 4 is 22.5 Å². The summed E-state index contributed by atoms with van der Waals surface area (Å²) in [5.74, 6) is 0.358. The molecule has 1 amide bonds. The molecule has 0 spiro atoms. The van der Waals surface area contributed by atoms with E-state index in [2.05, 4.69) is 44.7 Å². The van der Waals surface area contributed by atoms with Gasteiger partial charge in [0.25, 0.3) is 5.91 Å². The molecule has 3 heterocycles. The second kappa shape index (κ2) is 8.26. The van der Waals surface area contributed by atoms with Crippen LogP contribution in [0.3, 0.4) is 0 Å². The van der Waals surface area contributed by atoms with E-state index in [0.29, 0.717) is 12.4 Å². The highest BCUT2D eigenvalue weighted by molar-refractivity contribution is 5.94. The molecule has 0 radical (unpaired) electrons. The summed E-state index contributed by atoms with van der Waals surface area (Å²) < 4.78 is 2.03. The molecule has 1 aliphatic carbocycles. The second-order valence-electron chi connectivity index (χ2n) is 7.96. The van der Waals surface area contributed by atoms with E-state index < -0.39 is 0 Å². The maximum absolute atomic E-state index is 13.2.